The Morgan fingerprint density at radius 1 is 0.283 bits per heavy atom. The fourth-order valence-corrected chi connectivity index (χ4v) is 5.95. The first-order valence-corrected chi connectivity index (χ1v) is 15.4. The predicted octanol–water partition coefficient (Wildman–Crippen LogP) is 11.0. The van der Waals surface area contributed by atoms with Gasteiger partial charge in [0.05, 0.1) is 22.6 Å². The van der Waals surface area contributed by atoms with Gasteiger partial charge >= 0.3 is 0 Å². The van der Waals surface area contributed by atoms with Crippen molar-refractivity contribution in [2.75, 3.05) is 0 Å². The molecule has 0 saturated heterocycles. The van der Waals surface area contributed by atoms with Crippen LogP contribution in [0.1, 0.15) is 0 Å². The summed E-state index contributed by atoms with van der Waals surface area (Å²) in [5, 5.41) is 1.10. The van der Waals surface area contributed by atoms with E-state index < -0.39 is 0 Å². The molecule has 0 radical (unpaired) electrons. The third-order valence-corrected chi connectivity index (χ3v) is 8.28. The fraction of sp³-hybridized carbons (Fsp3) is 0. The van der Waals surface area contributed by atoms with Crippen molar-refractivity contribution in [3.8, 4) is 67.4 Å². The first-order valence-electron chi connectivity index (χ1n) is 15.4. The van der Waals surface area contributed by atoms with E-state index in [2.05, 4.69) is 127 Å². The molecule has 8 rings (SSSR count). The van der Waals surface area contributed by atoms with Gasteiger partial charge < -0.3 is 0 Å². The summed E-state index contributed by atoms with van der Waals surface area (Å²) in [6.07, 6.45) is 0. The highest BCUT2D eigenvalue weighted by molar-refractivity contribution is 5.99. The highest BCUT2D eigenvalue weighted by Gasteiger charge is 2.15. The molecule has 6 aromatic carbocycles. The summed E-state index contributed by atoms with van der Waals surface area (Å²) in [7, 11) is 0. The summed E-state index contributed by atoms with van der Waals surface area (Å²) in [6.45, 7) is 0. The maximum absolute atomic E-state index is 5.11. The SMILES string of the molecule is c1ccc(-c2ccc3nc(-c4ccccc4)cc(-c4cccc(-c5nc(-c6ccccc6)cc(-c6ccccc6)n5)c4)c3c2)cc1. The van der Waals surface area contributed by atoms with Gasteiger partial charge in [-0.3, -0.25) is 0 Å². The van der Waals surface area contributed by atoms with E-state index in [0.29, 0.717) is 5.82 Å². The van der Waals surface area contributed by atoms with Crippen molar-refractivity contribution >= 4 is 10.9 Å². The third kappa shape index (κ3) is 5.47. The number of hydrogen-bond donors (Lipinski definition) is 0. The van der Waals surface area contributed by atoms with Crippen molar-refractivity contribution < 1.29 is 0 Å². The molecule has 216 valence electrons. The minimum atomic E-state index is 0.689. The molecular weight excluding hydrogens is 558 g/mol. The summed E-state index contributed by atoms with van der Waals surface area (Å²) in [6, 6.07) is 60.9. The molecule has 0 amide bonds. The van der Waals surface area contributed by atoms with Crippen LogP contribution < -0.4 is 0 Å². The Balaban J connectivity index is 1.32. The van der Waals surface area contributed by atoms with Crippen LogP contribution in [0.5, 0.6) is 0 Å². The quantitative estimate of drug-likeness (QED) is 0.194. The lowest BCUT2D eigenvalue weighted by molar-refractivity contribution is 1.18. The lowest BCUT2D eigenvalue weighted by atomic mass is 9.94. The second-order valence-electron chi connectivity index (χ2n) is 11.3. The van der Waals surface area contributed by atoms with Gasteiger partial charge in [0, 0.05) is 27.6 Å². The Kier molecular flexibility index (Phi) is 7.18. The summed E-state index contributed by atoms with van der Waals surface area (Å²) < 4.78 is 0. The standard InChI is InChI=1S/C43H29N3/c1-5-14-30(15-6-1)34-24-25-39-38(27-34)37(28-40(44-39)31-16-7-2-8-17-31)35-22-13-23-36(26-35)43-45-41(32-18-9-3-10-19-32)29-42(46-43)33-20-11-4-12-21-33/h1-29H. The van der Waals surface area contributed by atoms with E-state index in [1.807, 2.05) is 48.5 Å². The number of aromatic nitrogens is 3. The van der Waals surface area contributed by atoms with E-state index >= 15 is 0 Å². The van der Waals surface area contributed by atoms with Gasteiger partial charge in [-0.2, -0.15) is 0 Å². The monoisotopic (exact) mass is 587 g/mol. The van der Waals surface area contributed by atoms with E-state index in [-0.39, 0.29) is 0 Å². The molecule has 3 heteroatoms. The average Bonchev–Trinajstić information content (AvgIpc) is 3.15. The Labute approximate surface area is 268 Å². The fourth-order valence-electron chi connectivity index (χ4n) is 5.95. The number of pyridine rings is 1. The molecule has 0 aliphatic carbocycles. The zero-order chi connectivity index (χ0) is 30.7. The minimum absolute atomic E-state index is 0.689. The second kappa shape index (κ2) is 12.1. The van der Waals surface area contributed by atoms with Crippen molar-refractivity contribution in [2.24, 2.45) is 0 Å². The molecule has 0 spiro atoms. The van der Waals surface area contributed by atoms with Crippen molar-refractivity contribution in [3.05, 3.63) is 176 Å². The average molecular weight is 588 g/mol. The topological polar surface area (TPSA) is 38.7 Å². The number of rotatable bonds is 6. The largest absolute Gasteiger partial charge is 0.248 e. The maximum atomic E-state index is 5.11. The molecule has 8 aromatic rings. The van der Waals surface area contributed by atoms with Crippen LogP contribution in [0, 0.1) is 0 Å². The molecule has 2 aromatic heterocycles. The van der Waals surface area contributed by atoms with Crippen LogP contribution in [-0.4, -0.2) is 15.0 Å². The van der Waals surface area contributed by atoms with Crippen molar-refractivity contribution in [1.29, 1.82) is 0 Å². The molecule has 0 aliphatic rings. The van der Waals surface area contributed by atoms with Gasteiger partial charge in [0.15, 0.2) is 5.82 Å². The lowest BCUT2D eigenvalue weighted by Gasteiger charge is -2.14. The minimum Gasteiger partial charge on any atom is -0.248 e. The first kappa shape index (κ1) is 27.4. The predicted molar refractivity (Wildman–Crippen MR) is 190 cm³/mol. The van der Waals surface area contributed by atoms with Gasteiger partial charge in [-0.1, -0.05) is 146 Å². The van der Waals surface area contributed by atoms with Crippen LogP contribution in [-0.2, 0) is 0 Å². The second-order valence-corrected chi connectivity index (χ2v) is 11.3. The molecule has 0 atom stereocenters. The molecule has 2 heterocycles. The van der Waals surface area contributed by atoms with E-state index in [0.717, 1.165) is 66.9 Å². The zero-order valence-electron chi connectivity index (χ0n) is 25.1. The summed E-state index contributed by atoms with van der Waals surface area (Å²) in [4.78, 5) is 15.3. The van der Waals surface area contributed by atoms with E-state index in [1.54, 1.807) is 0 Å². The number of nitrogens with zero attached hydrogens (tertiary/aromatic N) is 3. The molecule has 0 aliphatic heterocycles. The maximum Gasteiger partial charge on any atom is 0.160 e. The van der Waals surface area contributed by atoms with E-state index in [9.17, 15) is 0 Å². The van der Waals surface area contributed by atoms with Crippen LogP contribution in [0.25, 0.3) is 78.3 Å². The Bertz CT molecular complexity index is 2220. The lowest BCUT2D eigenvalue weighted by Crippen LogP contribution is -1.96. The van der Waals surface area contributed by atoms with Crippen LogP contribution >= 0.6 is 0 Å². The Hall–Kier alpha value is -6.19. The van der Waals surface area contributed by atoms with Crippen LogP contribution in [0.15, 0.2) is 176 Å². The Morgan fingerprint density at radius 2 is 0.761 bits per heavy atom. The van der Waals surface area contributed by atoms with E-state index in [1.165, 1.54) is 5.56 Å². The van der Waals surface area contributed by atoms with Crippen LogP contribution in [0.3, 0.4) is 0 Å². The number of benzene rings is 6. The molecule has 3 nitrogen and oxygen atoms in total. The smallest absolute Gasteiger partial charge is 0.160 e. The third-order valence-electron chi connectivity index (χ3n) is 8.28. The van der Waals surface area contributed by atoms with Gasteiger partial charge in [-0.15, -0.1) is 0 Å². The summed E-state index contributed by atoms with van der Waals surface area (Å²) in [5.74, 6) is 0.689. The van der Waals surface area contributed by atoms with Crippen LogP contribution in [0.2, 0.25) is 0 Å². The molecular formula is C43H29N3. The van der Waals surface area contributed by atoms with Crippen molar-refractivity contribution in [2.45, 2.75) is 0 Å². The molecule has 46 heavy (non-hydrogen) atoms. The number of fused-ring (bicyclic) bond motifs is 1. The van der Waals surface area contributed by atoms with E-state index in [4.69, 9.17) is 15.0 Å². The highest BCUT2D eigenvalue weighted by Crippen LogP contribution is 2.36. The van der Waals surface area contributed by atoms with Gasteiger partial charge in [0.2, 0.25) is 0 Å². The van der Waals surface area contributed by atoms with Crippen LogP contribution in [0.4, 0.5) is 0 Å². The molecule has 0 fully saturated rings. The van der Waals surface area contributed by atoms with Crippen molar-refractivity contribution in [1.82, 2.24) is 15.0 Å². The van der Waals surface area contributed by atoms with Crippen molar-refractivity contribution in [3.63, 3.8) is 0 Å². The normalized spacial score (nSPS) is 11.0. The zero-order valence-corrected chi connectivity index (χ0v) is 25.1. The summed E-state index contributed by atoms with van der Waals surface area (Å²) >= 11 is 0. The van der Waals surface area contributed by atoms with Gasteiger partial charge in [0.1, 0.15) is 0 Å². The molecule has 0 N–H and O–H groups in total. The Morgan fingerprint density at radius 3 is 1.33 bits per heavy atom. The molecule has 0 saturated carbocycles. The highest BCUT2D eigenvalue weighted by atomic mass is 14.9. The van der Waals surface area contributed by atoms with Gasteiger partial charge in [0.25, 0.3) is 0 Å². The number of hydrogen-bond acceptors (Lipinski definition) is 3. The molecule has 0 unspecified atom stereocenters. The summed E-state index contributed by atoms with van der Waals surface area (Å²) in [5.41, 5.74) is 12.4. The first-order chi connectivity index (χ1) is 22.8. The van der Waals surface area contributed by atoms with Gasteiger partial charge in [-0.05, 0) is 52.6 Å². The molecule has 0 bridgehead atoms. The van der Waals surface area contributed by atoms with Gasteiger partial charge in [-0.25, -0.2) is 15.0 Å².